The third-order valence-corrected chi connectivity index (χ3v) is 3.90. The van der Waals surface area contributed by atoms with Crippen LogP contribution in [0.2, 0.25) is 0 Å². The molecule has 1 atom stereocenters. The summed E-state index contributed by atoms with van der Waals surface area (Å²) in [5, 5.41) is 11.9. The van der Waals surface area contributed by atoms with Crippen LogP contribution in [-0.2, 0) is 9.53 Å². The Labute approximate surface area is 141 Å². The number of carboxylic acids is 1. The molecule has 2 amide bonds. The Morgan fingerprint density at radius 1 is 1.38 bits per heavy atom. The van der Waals surface area contributed by atoms with Crippen LogP contribution in [0, 0.1) is 5.92 Å². The fourth-order valence-electron chi connectivity index (χ4n) is 2.62. The number of carbonyl (C=O) groups is 2. The van der Waals surface area contributed by atoms with Gasteiger partial charge in [-0.15, -0.1) is 0 Å². The molecule has 0 bridgehead atoms. The van der Waals surface area contributed by atoms with Crippen molar-refractivity contribution in [1.82, 2.24) is 4.90 Å². The maximum absolute atomic E-state index is 12.3. The molecule has 7 nitrogen and oxygen atoms in total. The van der Waals surface area contributed by atoms with Crippen LogP contribution in [0.5, 0.6) is 5.75 Å². The van der Waals surface area contributed by atoms with Gasteiger partial charge in [-0.3, -0.25) is 4.79 Å². The lowest BCUT2D eigenvalue weighted by Crippen LogP contribution is -2.44. The summed E-state index contributed by atoms with van der Waals surface area (Å²) >= 11 is 0. The number of carboxylic acid groups (broad SMARTS) is 1. The predicted octanol–water partition coefficient (Wildman–Crippen LogP) is 2.43. The van der Waals surface area contributed by atoms with Crippen molar-refractivity contribution in [3.8, 4) is 5.75 Å². The molecule has 132 valence electrons. The summed E-state index contributed by atoms with van der Waals surface area (Å²) in [6.45, 7) is 1.99. The van der Waals surface area contributed by atoms with Crippen LogP contribution in [-0.4, -0.2) is 55.4 Å². The number of amides is 2. The minimum Gasteiger partial charge on any atom is -0.493 e. The number of likely N-dealkylation sites (tertiary alicyclic amines) is 1. The van der Waals surface area contributed by atoms with E-state index < -0.39 is 11.9 Å². The highest BCUT2D eigenvalue weighted by Gasteiger charge is 2.28. The van der Waals surface area contributed by atoms with Gasteiger partial charge in [0.1, 0.15) is 5.75 Å². The van der Waals surface area contributed by atoms with Gasteiger partial charge in [-0.2, -0.15) is 0 Å². The van der Waals surface area contributed by atoms with Crippen molar-refractivity contribution in [1.29, 1.82) is 0 Å². The van der Waals surface area contributed by atoms with Gasteiger partial charge < -0.3 is 24.8 Å². The molecule has 0 radical (unpaired) electrons. The normalized spacial score (nSPS) is 17.4. The topological polar surface area (TPSA) is 88.1 Å². The Bertz CT molecular complexity index is 564. The molecular formula is C17H24N2O5. The second-order valence-electron chi connectivity index (χ2n) is 5.78. The summed E-state index contributed by atoms with van der Waals surface area (Å²) in [6.07, 6.45) is 2.11. The lowest BCUT2D eigenvalue weighted by molar-refractivity contribution is -0.143. The van der Waals surface area contributed by atoms with Gasteiger partial charge >= 0.3 is 12.0 Å². The molecule has 2 rings (SSSR count). The maximum Gasteiger partial charge on any atom is 0.321 e. The van der Waals surface area contributed by atoms with Crippen LogP contribution < -0.4 is 10.1 Å². The first-order valence-electron chi connectivity index (χ1n) is 8.10. The third-order valence-electron chi connectivity index (χ3n) is 3.90. The van der Waals surface area contributed by atoms with Crippen molar-refractivity contribution in [3.05, 3.63) is 24.3 Å². The number of rotatable bonds is 7. The van der Waals surface area contributed by atoms with Gasteiger partial charge in [0, 0.05) is 45.0 Å². The van der Waals surface area contributed by atoms with Gasteiger partial charge in [0.15, 0.2) is 0 Å². The van der Waals surface area contributed by atoms with Gasteiger partial charge in [0.05, 0.1) is 12.5 Å². The van der Waals surface area contributed by atoms with E-state index in [1.807, 2.05) is 6.07 Å². The summed E-state index contributed by atoms with van der Waals surface area (Å²) in [6, 6.07) is 6.88. The number of nitrogens with one attached hydrogen (secondary N) is 1. The molecule has 1 heterocycles. The number of nitrogens with zero attached hydrogens (tertiary/aromatic N) is 1. The Hall–Kier alpha value is -2.28. The number of aliphatic carboxylic acids is 1. The maximum atomic E-state index is 12.3. The molecular weight excluding hydrogens is 312 g/mol. The van der Waals surface area contributed by atoms with E-state index in [1.54, 1.807) is 30.2 Å². The smallest absolute Gasteiger partial charge is 0.321 e. The molecule has 1 aromatic carbocycles. The number of carbonyl (C=O) groups excluding carboxylic acids is 1. The largest absolute Gasteiger partial charge is 0.493 e. The molecule has 0 spiro atoms. The molecule has 1 unspecified atom stereocenters. The molecule has 0 saturated carbocycles. The summed E-state index contributed by atoms with van der Waals surface area (Å²) in [5.74, 6) is -0.662. The zero-order valence-corrected chi connectivity index (χ0v) is 13.9. The fourth-order valence-corrected chi connectivity index (χ4v) is 2.62. The minimum atomic E-state index is -0.848. The van der Waals surface area contributed by atoms with Crippen molar-refractivity contribution < 1.29 is 24.2 Å². The molecule has 1 aliphatic heterocycles. The summed E-state index contributed by atoms with van der Waals surface area (Å²) in [7, 11) is 1.64. The van der Waals surface area contributed by atoms with E-state index in [-0.39, 0.29) is 12.6 Å². The zero-order chi connectivity index (χ0) is 17.4. The van der Waals surface area contributed by atoms with Crippen LogP contribution in [0.25, 0.3) is 0 Å². The van der Waals surface area contributed by atoms with Crippen LogP contribution in [0.3, 0.4) is 0 Å². The van der Waals surface area contributed by atoms with E-state index in [1.165, 1.54) is 0 Å². The lowest BCUT2D eigenvalue weighted by Gasteiger charge is -2.30. The molecule has 1 fully saturated rings. The van der Waals surface area contributed by atoms with Crippen LogP contribution in [0.1, 0.15) is 19.3 Å². The predicted molar refractivity (Wildman–Crippen MR) is 89.4 cm³/mol. The number of ether oxygens (including phenoxy) is 2. The van der Waals surface area contributed by atoms with Crippen molar-refractivity contribution in [2.75, 3.05) is 38.7 Å². The molecule has 1 aromatic rings. The van der Waals surface area contributed by atoms with Crippen molar-refractivity contribution in [2.45, 2.75) is 19.3 Å². The fraction of sp³-hybridized carbons (Fsp3) is 0.529. The number of piperidine rings is 1. The highest BCUT2D eigenvalue weighted by molar-refractivity contribution is 5.90. The number of hydrogen-bond acceptors (Lipinski definition) is 4. The highest BCUT2D eigenvalue weighted by Crippen LogP contribution is 2.20. The summed E-state index contributed by atoms with van der Waals surface area (Å²) in [4.78, 5) is 24.9. The third kappa shape index (κ3) is 5.42. The van der Waals surface area contributed by atoms with Gasteiger partial charge in [0.25, 0.3) is 0 Å². The Kier molecular flexibility index (Phi) is 6.87. The van der Waals surface area contributed by atoms with E-state index in [0.29, 0.717) is 44.0 Å². The van der Waals surface area contributed by atoms with E-state index in [2.05, 4.69) is 5.32 Å². The van der Waals surface area contributed by atoms with E-state index in [0.717, 1.165) is 6.42 Å². The number of methoxy groups -OCH3 is 1. The average molecular weight is 336 g/mol. The Balaban J connectivity index is 1.88. The molecule has 0 aromatic heterocycles. The molecule has 7 heteroatoms. The number of urea groups is 1. The van der Waals surface area contributed by atoms with Crippen LogP contribution >= 0.6 is 0 Å². The van der Waals surface area contributed by atoms with E-state index in [4.69, 9.17) is 14.6 Å². The lowest BCUT2D eigenvalue weighted by atomic mass is 9.99. The van der Waals surface area contributed by atoms with E-state index in [9.17, 15) is 9.59 Å². The first kappa shape index (κ1) is 18.1. The van der Waals surface area contributed by atoms with Crippen LogP contribution in [0.4, 0.5) is 10.5 Å². The standard InChI is InChI=1S/C17H24N2O5/c1-23-9-4-10-24-15-7-2-6-14(11-15)18-17(22)19-8-3-5-13(12-19)16(20)21/h2,6-7,11,13H,3-5,8-10,12H2,1H3,(H,18,22)(H,20,21). The summed E-state index contributed by atoms with van der Waals surface area (Å²) in [5.41, 5.74) is 0.627. The monoisotopic (exact) mass is 336 g/mol. The first-order valence-corrected chi connectivity index (χ1v) is 8.10. The number of anilines is 1. The second kappa shape index (κ2) is 9.12. The molecule has 1 aliphatic rings. The molecule has 0 aliphatic carbocycles. The van der Waals surface area contributed by atoms with E-state index >= 15 is 0 Å². The number of hydrogen-bond donors (Lipinski definition) is 2. The van der Waals surface area contributed by atoms with Gasteiger partial charge in [-0.05, 0) is 25.0 Å². The van der Waals surface area contributed by atoms with Crippen molar-refractivity contribution in [2.24, 2.45) is 5.92 Å². The first-order chi connectivity index (χ1) is 11.6. The van der Waals surface area contributed by atoms with Gasteiger partial charge in [-0.25, -0.2) is 4.79 Å². The minimum absolute atomic E-state index is 0.244. The molecule has 24 heavy (non-hydrogen) atoms. The Morgan fingerprint density at radius 3 is 2.96 bits per heavy atom. The second-order valence-corrected chi connectivity index (χ2v) is 5.78. The SMILES string of the molecule is COCCCOc1cccc(NC(=O)N2CCCC(C(=O)O)C2)c1. The zero-order valence-electron chi connectivity index (χ0n) is 13.9. The van der Waals surface area contributed by atoms with Crippen LogP contribution in [0.15, 0.2) is 24.3 Å². The molecule has 1 saturated heterocycles. The van der Waals surface area contributed by atoms with Crippen molar-refractivity contribution >= 4 is 17.7 Å². The average Bonchev–Trinajstić information content (AvgIpc) is 2.59. The summed E-state index contributed by atoms with van der Waals surface area (Å²) < 4.78 is 10.6. The Morgan fingerprint density at radius 2 is 2.21 bits per heavy atom. The van der Waals surface area contributed by atoms with Gasteiger partial charge in [0.2, 0.25) is 0 Å². The quantitative estimate of drug-likeness (QED) is 0.747. The highest BCUT2D eigenvalue weighted by atomic mass is 16.5. The van der Waals surface area contributed by atoms with Crippen molar-refractivity contribution in [3.63, 3.8) is 0 Å². The number of benzene rings is 1. The molecule has 2 N–H and O–H groups in total. The van der Waals surface area contributed by atoms with Gasteiger partial charge in [-0.1, -0.05) is 6.07 Å².